The number of benzene rings is 1. The van der Waals surface area contributed by atoms with Crippen LogP contribution in [-0.4, -0.2) is 19.7 Å². The Morgan fingerprint density at radius 2 is 2.18 bits per heavy atom. The summed E-state index contributed by atoms with van der Waals surface area (Å²) < 4.78 is 1.71. The lowest BCUT2D eigenvalue weighted by atomic mass is 10.1. The average molecular weight is 315 g/mol. The van der Waals surface area contributed by atoms with E-state index in [9.17, 15) is 0 Å². The van der Waals surface area contributed by atoms with Crippen molar-refractivity contribution in [2.45, 2.75) is 6.54 Å². The summed E-state index contributed by atoms with van der Waals surface area (Å²) in [6.45, 7) is 0.413. The lowest BCUT2D eigenvalue weighted by Crippen LogP contribution is -1.99. The number of hydrogen-bond donors (Lipinski definition) is 2. The lowest BCUT2D eigenvalue weighted by Gasteiger charge is -2.07. The molecule has 0 fully saturated rings. The van der Waals surface area contributed by atoms with Crippen LogP contribution in [0.1, 0.15) is 5.56 Å². The molecule has 7 heteroatoms. The Bertz CT molecular complexity index is 798. The van der Waals surface area contributed by atoms with Crippen molar-refractivity contribution in [1.82, 2.24) is 19.7 Å². The average Bonchev–Trinajstić information content (AvgIpc) is 2.92. The normalized spacial score (nSPS) is 10.7. The summed E-state index contributed by atoms with van der Waals surface area (Å²) in [5.41, 5.74) is 9.06. The van der Waals surface area contributed by atoms with Crippen molar-refractivity contribution >= 4 is 23.2 Å². The van der Waals surface area contributed by atoms with Crippen molar-refractivity contribution in [1.29, 1.82) is 0 Å². The van der Waals surface area contributed by atoms with Crippen LogP contribution in [0.3, 0.4) is 0 Å². The summed E-state index contributed by atoms with van der Waals surface area (Å²) in [5, 5.41) is 7.85. The molecule has 0 saturated carbocycles. The van der Waals surface area contributed by atoms with Gasteiger partial charge in [-0.05, 0) is 17.7 Å². The highest BCUT2D eigenvalue weighted by Crippen LogP contribution is 2.25. The van der Waals surface area contributed by atoms with Gasteiger partial charge in [-0.1, -0.05) is 23.7 Å². The Balaban J connectivity index is 1.89. The Morgan fingerprint density at radius 3 is 2.86 bits per heavy atom. The molecular weight excluding hydrogens is 300 g/mol. The third-order valence-electron chi connectivity index (χ3n) is 3.19. The molecule has 22 heavy (non-hydrogen) atoms. The fourth-order valence-electron chi connectivity index (χ4n) is 2.07. The number of nitrogens with zero attached hydrogens (tertiary/aromatic N) is 4. The van der Waals surface area contributed by atoms with Crippen LogP contribution >= 0.6 is 11.6 Å². The van der Waals surface area contributed by atoms with Crippen molar-refractivity contribution in [3.05, 3.63) is 53.4 Å². The van der Waals surface area contributed by atoms with Crippen molar-refractivity contribution in [3.63, 3.8) is 0 Å². The third kappa shape index (κ3) is 3.08. The number of hydrogen-bond acceptors (Lipinski definition) is 5. The molecule has 0 spiro atoms. The molecule has 3 N–H and O–H groups in total. The van der Waals surface area contributed by atoms with Crippen LogP contribution in [0.2, 0.25) is 5.02 Å². The van der Waals surface area contributed by atoms with Crippen molar-refractivity contribution < 1.29 is 0 Å². The van der Waals surface area contributed by atoms with Crippen molar-refractivity contribution in [3.8, 4) is 11.3 Å². The van der Waals surface area contributed by atoms with Gasteiger partial charge in [0.1, 0.15) is 0 Å². The van der Waals surface area contributed by atoms with Gasteiger partial charge >= 0.3 is 0 Å². The molecule has 0 aliphatic heterocycles. The molecule has 0 aliphatic rings. The molecule has 0 atom stereocenters. The molecule has 2 aromatic heterocycles. The topological polar surface area (TPSA) is 81.7 Å². The predicted molar refractivity (Wildman–Crippen MR) is 86.9 cm³/mol. The van der Waals surface area contributed by atoms with Gasteiger partial charge < -0.3 is 11.1 Å². The number of anilines is 2. The number of rotatable bonds is 4. The van der Waals surface area contributed by atoms with Crippen LogP contribution < -0.4 is 11.1 Å². The second-order valence-corrected chi connectivity index (χ2v) is 5.21. The monoisotopic (exact) mass is 314 g/mol. The predicted octanol–water partition coefficient (Wildman–Crippen LogP) is 2.73. The quantitative estimate of drug-likeness (QED) is 0.774. The lowest BCUT2D eigenvalue weighted by molar-refractivity contribution is 0.768. The summed E-state index contributed by atoms with van der Waals surface area (Å²) in [7, 11) is 1.85. The molecule has 1 aromatic carbocycles. The second kappa shape index (κ2) is 6.13. The third-order valence-corrected chi connectivity index (χ3v) is 3.54. The first-order valence-corrected chi connectivity index (χ1v) is 7.11. The number of aryl methyl sites for hydroxylation is 1. The SMILES string of the molecule is Cn1cc(Nc2nccc(-c3ccc(CN)c(Cl)c3)n2)cn1. The van der Waals surface area contributed by atoms with E-state index < -0.39 is 0 Å². The van der Waals surface area contributed by atoms with Gasteiger partial charge in [-0.15, -0.1) is 0 Å². The molecule has 0 bridgehead atoms. The first kappa shape index (κ1) is 14.5. The largest absolute Gasteiger partial charge is 0.326 e. The number of halogens is 1. The summed E-state index contributed by atoms with van der Waals surface area (Å²) >= 11 is 6.20. The van der Waals surface area contributed by atoms with Gasteiger partial charge in [-0.3, -0.25) is 4.68 Å². The van der Waals surface area contributed by atoms with Crippen molar-refractivity contribution in [2.24, 2.45) is 12.8 Å². The van der Waals surface area contributed by atoms with E-state index in [0.717, 1.165) is 22.5 Å². The van der Waals surface area contributed by atoms with E-state index in [2.05, 4.69) is 20.4 Å². The highest BCUT2D eigenvalue weighted by atomic mass is 35.5. The number of aromatic nitrogens is 4. The molecule has 0 unspecified atom stereocenters. The zero-order valence-electron chi connectivity index (χ0n) is 12.0. The van der Waals surface area contributed by atoms with Crippen LogP contribution in [0, 0.1) is 0 Å². The van der Waals surface area contributed by atoms with Crippen LogP contribution in [0.15, 0.2) is 42.9 Å². The molecule has 3 rings (SSSR count). The molecular formula is C15H15ClN6. The molecule has 0 radical (unpaired) electrons. The van der Waals surface area contributed by atoms with E-state index in [-0.39, 0.29) is 0 Å². The van der Waals surface area contributed by atoms with Crippen molar-refractivity contribution in [2.75, 3.05) is 5.32 Å². The maximum Gasteiger partial charge on any atom is 0.227 e. The summed E-state index contributed by atoms with van der Waals surface area (Å²) in [6, 6.07) is 7.56. The van der Waals surface area contributed by atoms with Gasteiger partial charge in [0.05, 0.1) is 17.6 Å². The smallest absolute Gasteiger partial charge is 0.227 e. The summed E-state index contributed by atoms with van der Waals surface area (Å²) in [4.78, 5) is 8.71. The van der Waals surface area contributed by atoms with Gasteiger partial charge in [0.15, 0.2) is 0 Å². The van der Waals surface area contributed by atoms with Gasteiger partial charge in [0.2, 0.25) is 5.95 Å². The molecule has 0 saturated heterocycles. The maximum atomic E-state index is 6.20. The number of nitrogens with two attached hydrogens (primary N) is 1. The Labute approximate surface area is 133 Å². The Morgan fingerprint density at radius 1 is 1.32 bits per heavy atom. The second-order valence-electron chi connectivity index (χ2n) is 4.80. The standard InChI is InChI=1S/C15H15ClN6/c1-22-9-12(8-19-22)20-15-18-5-4-14(21-15)10-2-3-11(7-17)13(16)6-10/h2-6,8-9H,7,17H2,1H3,(H,18,20,21). The Hall–Kier alpha value is -2.44. The Kier molecular flexibility index (Phi) is 4.04. The van der Waals surface area contributed by atoms with E-state index in [4.69, 9.17) is 17.3 Å². The first-order chi connectivity index (χ1) is 10.7. The zero-order valence-corrected chi connectivity index (χ0v) is 12.7. The van der Waals surface area contributed by atoms with Crippen LogP contribution in [0.4, 0.5) is 11.6 Å². The van der Waals surface area contributed by atoms with Crippen LogP contribution in [0.5, 0.6) is 0 Å². The minimum atomic E-state index is 0.413. The van der Waals surface area contributed by atoms with E-state index >= 15 is 0 Å². The molecule has 0 aliphatic carbocycles. The summed E-state index contributed by atoms with van der Waals surface area (Å²) in [5.74, 6) is 0.504. The highest BCUT2D eigenvalue weighted by Gasteiger charge is 2.06. The zero-order chi connectivity index (χ0) is 15.5. The van der Waals surface area contributed by atoms with E-state index in [0.29, 0.717) is 17.5 Å². The van der Waals surface area contributed by atoms with Gasteiger partial charge in [0, 0.05) is 36.6 Å². The van der Waals surface area contributed by atoms with Crippen LogP contribution in [0.25, 0.3) is 11.3 Å². The fraction of sp³-hybridized carbons (Fsp3) is 0.133. The minimum absolute atomic E-state index is 0.413. The molecule has 6 nitrogen and oxygen atoms in total. The maximum absolute atomic E-state index is 6.20. The highest BCUT2D eigenvalue weighted by molar-refractivity contribution is 6.31. The molecule has 112 valence electrons. The number of nitrogens with one attached hydrogen (secondary N) is 1. The van der Waals surface area contributed by atoms with Gasteiger partial charge in [0.25, 0.3) is 0 Å². The first-order valence-electron chi connectivity index (χ1n) is 6.73. The summed E-state index contributed by atoms with van der Waals surface area (Å²) in [6.07, 6.45) is 5.26. The van der Waals surface area contributed by atoms with Crippen LogP contribution in [-0.2, 0) is 13.6 Å². The fourth-order valence-corrected chi connectivity index (χ4v) is 2.32. The molecule has 3 aromatic rings. The van der Waals surface area contributed by atoms with E-state index in [1.165, 1.54) is 0 Å². The minimum Gasteiger partial charge on any atom is -0.326 e. The molecule has 0 amide bonds. The van der Waals surface area contributed by atoms with E-state index in [1.54, 1.807) is 17.1 Å². The van der Waals surface area contributed by atoms with Gasteiger partial charge in [-0.25, -0.2) is 9.97 Å². The van der Waals surface area contributed by atoms with Gasteiger partial charge in [-0.2, -0.15) is 5.10 Å². The molecule has 2 heterocycles. The van der Waals surface area contributed by atoms with E-state index in [1.807, 2.05) is 37.5 Å².